The number of aryl methyl sites for hydroxylation is 4. The molecule has 0 bridgehead atoms. The standard InChI is InChI=1S/C30H22F6N2O6/c1-15-9-19(10-16(2)27(15)43-25-7-5-21(37(39)40)13-23(25)29(31,32)33)20-11-17(3)28(18(4)12-20)44-26-8-6-22(38(41)42)14-24(26)30(34,35)36/h5-14H,1-4H3. The quantitative estimate of drug-likeness (QED) is 0.116. The summed E-state index contributed by atoms with van der Waals surface area (Å²) in [6.07, 6.45) is -9.84. The summed E-state index contributed by atoms with van der Waals surface area (Å²) >= 11 is 0. The minimum absolute atomic E-state index is 0.111. The van der Waals surface area contributed by atoms with Crippen molar-refractivity contribution >= 4 is 11.4 Å². The summed E-state index contributed by atoms with van der Waals surface area (Å²) < 4.78 is 93.2. The topological polar surface area (TPSA) is 105 Å². The smallest absolute Gasteiger partial charge is 0.420 e. The number of nitro benzene ring substituents is 2. The van der Waals surface area contributed by atoms with Gasteiger partial charge >= 0.3 is 12.4 Å². The molecule has 4 aromatic carbocycles. The first kappa shape index (κ1) is 31.8. The van der Waals surface area contributed by atoms with E-state index in [9.17, 15) is 46.6 Å². The number of ether oxygens (including phenoxy) is 2. The Kier molecular flexibility index (Phi) is 8.31. The van der Waals surface area contributed by atoms with E-state index in [-0.39, 0.29) is 11.5 Å². The minimum atomic E-state index is -4.92. The average Bonchev–Trinajstić information content (AvgIpc) is 2.91. The second-order valence-corrected chi connectivity index (χ2v) is 9.95. The Bertz CT molecular complexity index is 1620. The normalized spacial score (nSPS) is 11.8. The molecule has 0 amide bonds. The van der Waals surface area contributed by atoms with Crippen LogP contribution in [0.3, 0.4) is 0 Å². The van der Waals surface area contributed by atoms with Crippen molar-refractivity contribution < 1.29 is 45.7 Å². The van der Waals surface area contributed by atoms with Gasteiger partial charge in [0.15, 0.2) is 0 Å². The van der Waals surface area contributed by atoms with E-state index in [1.54, 1.807) is 52.0 Å². The molecule has 0 N–H and O–H groups in total. The molecular weight excluding hydrogens is 598 g/mol. The highest BCUT2D eigenvalue weighted by molar-refractivity contribution is 5.71. The molecule has 0 heterocycles. The first-order valence-corrected chi connectivity index (χ1v) is 12.7. The molecule has 0 aliphatic heterocycles. The fourth-order valence-corrected chi connectivity index (χ4v) is 4.66. The van der Waals surface area contributed by atoms with E-state index >= 15 is 0 Å². The van der Waals surface area contributed by atoms with Gasteiger partial charge in [0.1, 0.15) is 34.1 Å². The maximum Gasteiger partial charge on any atom is 0.420 e. The molecule has 0 spiro atoms. The summed E-state index contributed by atoms with van der Waals surface area (Å²) in [7, 11) is 0. The molecular formula is C30H22F6N2O6. The molecule has 0 atom stereocenters. The van der Waals surface area contributed by atoms with Crippen molar-refractivity contribution in [3.05, 3.63) is 114 Å². The predicted molar refractivity (Wildman–Crippen MR) is 147 cm³/mol. The molecule has 0 saturated heterocycles. The zero-order chi connectivity index (χ0) is 32.7. The van der Waals surface area contributed by atoms with Crippen LogP contribution in [0.25, 0.3) is 11.1 Å². The number of nitro groups is 2. The molecule has 0 radical (unpaired) electrons. The minimum Gasteiger partial charge on any atom is -0.456 e. The Balaban J connectivity index is 1.69. The van der Waals surface area contributed by atoms with Gasteiger partial charge in [-0.05, 0) is 97.5 Å². The van der Waals surface area contributed by atoms with Gasteiger partial charge in [0, 0.05) is 24.3 Å². The van der Waals surface area contributed by atoms with E-state index in [2.05, 4.69) is 0 Å². The van der Waals surface area contributed by atoms with Crippen LogP contribution in [0.1, 0.15) is 33.4 Å². The summed E-state index contributed by atoms with van der Waals surface area (Å²) in [5, 5.41) is 22.0. The number of hydrogen-bond acceptors (Lipinski definition) is 6. The van der Waals surface area contributed by atoms with E-state index in [0.29, 0.717) is 45.5 Å². The lowest BCUT2D eigenvalue weighted by atomic mass is 9.96. The third-order valence-corrected chi connectivity index (χ3v) is 6.64. The fourth-order valence-electron chi connectivity index (χ4n) is 4.66. The van der Waals surface area contributed by atoms with Crippen LogP contribution in [0.5, 0.6) is 23.0 Å². The highest BCUT2D eigenvalue weighted by Gasteiger charge is 2.37. The fraction of sp³-hybridized carbons (Fsp3) is 0.200. The summed E-state index contributed by atoms with van der Waals surface area (Å²) in [4.78, 5) is 20.1. The van der Waals surface area contributed by atoms with E-state index in [4.69, 9.17) is 9.47 Å². The molecule has 230 valence electrons. The van der Waals surface area contributed by atoms with Crippen molar-refractivity contribution in [2.75, 3.05) is 0 Å². The number of nitrogens with zero attached hydrogens (tertiary/aromatic N) is 2. The van der Waals surface area contributed by atoms with Crippen LogP contribution in [-0.2, 0) is 12.4 Å². The summed E-state index contributed by atoms with van der Waals surface area (Å²) in [5.41, 5.74) is -1.07. The van der Waals surface area contributed by atoms with Gasteiger partial charge < -0.3 is 9.47 Å². The molecule has 4 aromatic rings. The molecule has 0 saturated carbocycles. The van der Waals surface area contributed by atoms with Crippen molar-refractivity contribution in [3.8, 4) is 34.1 Å². The zero-order valence-corrected chi connectivity index (χ0v) is 23.4. The van der Waals surface area contributed by atoms with E-state index < -0.39 is 56.2 Å². The first-order valence-electron chi connectivity index (χ1n) is 12.7. The number of alkyl halides is 6. The number of halogens is 6. The number of benzene rings is 4. The Labute approximate surface area is 245 Å². The van der Waals surface area contributed by atoms with Gasteiger partial charge in [-0.2, -0.15) is 26.3 Å². The largest absolute Gasteiger partial charge is 0.456 e. The second-order valence-electron chi connectivity index (χ2n) is 9.95. The molecule has 0 fully saturated rings. The van der Waals surface area contributed by atoms with Crippen molar-refractivity contribution in [2.45, 2.75) is 40.0 Å². The van der Waals surface area contributed by atoms with Crippen LogP contribution in [0.2, 0.25) is 0 Å². The highest BCUT2D eigenvalue weighted by atomic mass is 19.4. The third kappa shape index (κ3) is 6.58. The van der Waals surface area contributed by atoms with Gasteiger partial charge in [0.05, 0.1) is 9.85 Å². The molecule has 4 rings (SSSR count). The number of hydrogen-bond donors (Lipinski definition) is 0. The van der Waals surface area contributed by atoms with Crippen molar-refractivity contribution in [2.24, 2.45) is 0 Å². The van der Waals surface area contributed by atoms with Crippen LogP contribution >= 0.6 is 0 Å². The van der Waals surface area contributed by atoms with E-state index in [1.165, 1.54) is 0 Å². The molecule has 44 heavy (non-hydrogen) atoms. The van der Waals surface area contributed by atoms with Gasteiger partial charge in [0.25, 0.3) is 11.4 Å². The lowest BCUT2D eigenvalue weighted by molar-refractivity contribution is -0.385. The van der Waals surface area contributed by atoms with E-state index in [0.717, 1.165) is 24.3 Å². The van der Waals surface area contributed by atoms with E-state index in [1.807, 2.05) is 0 Å². The average molecular weight is 621 g/mol. The molecule has 8 nitrogen and oxygen atoms in total. The Morgan fingerprint density at radius 1 is 0.545 bits per heavy atom. The third-order valence-electron chi connectivity index (χ3n) is 6.64. The number of non-ortho nitro benzene ring substituents is 2. The summed E-state index contributed by atoms with van der Waals surface area (Å²) in [6, 6.07) is 11.0. The first-order chi connectivity index (χ1) is 20.4. The molecule has 0 aromatic heterocycles. The van der Waals surface area contributed by atoms with Gasteiger partial charge in [-0.1, -0.05) is 0 Å². The van der Waals surface area contributed by atoms with Crippen LogP contribution in [0, 0.1) is 47.9 Å². The summed E-state index contributed by atoms with van der Waals surface area (Å²) in [6.45, 7) is 6.42. The SMILES string of the molecule is Cc1cc(-c2cc(C)c(Oc3ccc([N+](=O)[O-])cc3C(F)(F)F)c(C)c2)cc(C)c1Oc1ccc([N+](=O)[O-])cc1C(F)(F)F. The van der Waals surface area contributed by atoms with Gasteiger partial charge in [-0.25, -0.2) is 0 Å². The Morgan fingerprint density at radius 3 is 1.09 bits per heavy atom. The lowest BCUT2D eigenvalue weighted by Crippen LogP contribution is -2.08. The maximum absolute atomic E-state index is 13.7. The second kappa shape index (κ2) is 11.5. The molecule has 0 aliphatic carbocycles. The predicted octanol–water partition coefficient (Wildman–Crippen LogP) is 10.0. The van der Waals surface area contributed by atoms with Crippen LogP contribution in [0.4, 0.5) is 37.7 Å². The number of rotatable bonds is 7. The zero-order valence-electron chi connectivity index (χ0n) is 23.4. The monoisotopic (exact) mass is 620 g/mol. The summed E-state index contributed by atoms with van der Waals surface area (Å²) in [5.74, 6) is -1.00. The molecule has 0 aliphatic rings. The highest BCUT2D eigenvalue weighted by Crippen LogP contribution is 2.44. The van der Waals surface area contributed by atoms with Gasteiger partial charge in [-0.15, -0.1) is 0 Å². The van der Waals surface area contributed by atoms with Crippen molar-refractivity contribution in [3.63, 3.8) is 0 Å². The van der Waals surface area contributed by atoms with Crippen molar-refractivity contribution in [1.29, 1.82) is 0 Å². The van der Waals surface area contributed by atoms with Crippen LogP contribution in [0.15, 0.2) is 60.7 Å². The lowest BCUT2D eigenvalue weighted by Gasteiger charge is -2.19. The van der Waals surface area contributed by atoms with Crippen LogP contribution < -0.4 is 9.47 Å². The Hall–Kier alpha value is -5.14. The van der Waals surface area contributed by atoms with Gasteiger partial charge in [-0.3, -0.25) is 20.2 Å². The van der Waals surface area contributed by atoms with Gasteiger partial charge in [0.2, 0.25) is 0 Å². The maximum atomic E-state index is 13.7. The molecule has 0 unspecified atom stereocenters. The van der Waals surface area contributed by atoms with Crippen molar-refractivity contribution in [1.82, 2.24) is 0 Å². The Morgan fingerprint density at radius 2 is 0.841 bits per heavy atom. The van der Waals surface area contributed by atoms with Crippen LogP contribution in [-0.4, -0.2) is 9.85 Å². The molecule has 14 heteroatoms.